The molecule has 1 atom stereocenters. The Bertz CT molecular complexity index is 624. The Balaban J connectivity index is 1.94. The smallest absolute Gasteiger partial charge is 0.330 e. The predicted octanol–water partition coefficient (Wildman–Crippen LogP) is 1.61. The first-order valence-corrected chi connectivity index (χ1v) is 6.29. The number of rotatable bonds is 5. The van der Waals surface area contributed by atoms with Crippen molar-refractivity contribution in [1.29, 1.82) is 0 Å². The van der Waals surface area contributed by atoms with Crippen molar-refractivity contribution < 1.29 is 19.1 Å². The monoisotopic (exact) mass is 289 g/mol. The number of carbonyl (C=O) groups excluding carboxylic acids is 1. The molecule has 1 aromatic heterocycles. The Morgan fingerprint density at radius 2 is 2.05 bits per heavy atom. The van der Waals surface area contributed by atoms with E-state index in [2.05, 4.69) is 15.6 Å². The highest BCUT2D eigenvalue weighted by Gasteiger charge is 2.21. The Labute approximate surface area is 121 Å². The number of aromatic nitrogens is 1. The van der Waals surface area contributed by atoms with E-state index < -0.39 is 18.0 Å². The van der Waals surface area contributed by atoms with Gasteiger partial charge in [0.25, 0.3) is 0 Å². The molecule has 0 aliphatic heterocycles. The molecule has 0 unspecified atom stereocenters. The fourth-order valence-electron chi connectivity index (χ4n) is 1.75. The van der Waals surface area contributed by atoms with Crippen molar-refractivity contribution in [3.05, 3.63) is 53.7 Å². The van der Waals surface area contributed by atoms with Crippen LogP contribution in [0.1, 0.15) is 23.3 Å². The summed E-state index contributed by atoms with van der Waals surface area (Å²) < 4.78 is 5.20. The quantitative estimate of drug-likeness (QED) is 0.775. The fraction of sp³-hybridized carbons (Fsp3) is 0.214. The normalized spacial score (nSPS) is 11.7. The zero-order valence-corrected chi connectivity index (χ0v) is 11.4. The first-order valence-electron chi connectivity index (χ1n) is 6.29. The highest BCUT2D eigenvalue weighted by molar-refractivity contribution is 5.83. The predicted molar refractivity (Wildman–Crippen MR) is 73.4 cm³/mol. The van der Waals surface area contributed by atoms with Gasteiger partial charge in [0.2, 0.25) is 5.89 Å². The lowest BCUT2D eigenvalue weighted by Gasteiger charge is -2.15. The van der Waals surface area contributed by atoms with Crippen molar-refractivity contribution in [2.24, 2.45) is 0 Å². The molecule has 1 heterocycles. The molecule has 7 nitrogen and oxygen atoms in total. The molecule has 7 heteroatoms. The van der Waals surface area contributed by atoms with Gasteiger partial charge in [-0.1, -0.05) is 30.3 Å². The van der Waals surface area contributed by atoms with Crippen LogP contribution in [0.25, 0.3) is 0 Å². The first kappa shape index (κ1) is 14.6. The number of hydrogen-bond acceptors (Lipinski definition) is 4. The van der Waals surface area contributed by atoms with Crippen LogP contribution < -0.4 is 10.6 Å². The summed E-state index contributed by atoms with van der Waals surface area (Å²) in [5.41, 5.74) is 0.493. The van der Waals surface area contributed by atoms with Crippen molar-refractivity contribution in [1.82, 2.24) is 15.6 Å². The number of benzene rings is 1. The van der Waals surface area contributed by atoms with Gasteiger partial charge in [0.1, 0.15) is 5.76 Å². The van der Waals surface area contributed by atoms with E-state index in [1.165, 1.54) is 0 Å². The maximum atomic E-state index is 11.8. The first-order chi connectivity index (χ1) is 10.1. The standard InChI is InChI=1S/C14H15N3O4/c1-9-7-15-11(21-9)8-16-14(20)17-12(13(18)19)10-5-3-2-4-6-10/h2-7,12H,8H2,1H3,(H,18,19)(H2,16,17,20)/t12-/m0/s1. The summed E-state index contributed by atoms with van der Waals surface area (Å²) in [6.45, 7) is 1.83. The molecule has 110 valence electrons. The topological polar surface area (TPSA) is 104 Å². The molecule has 0 aliphatic carbocycles. The Hall–Kier alpha value is -2.83. The highest BCUT2D eigenvalue weighted by atomic mass is 16.4. The molecule has 2 amide bonds. The number of aliphatic carboxylic acids is 1. The van der Waals surface area contributed by atoms with E-state index in [1.54, 1.807) is 43.5 Å². The molecule has 0 spiro atoms. The number of carbonyl (C=O) groups is 2. The van der Waals surface area contributed by atoms with Crippen LogP contribution in [0.15, 0.2) is 40.9 Å². The second-order valence-corrected chi connectivity index (χ2v) is 4.37. The molecular weight excluding hydrogens is 274 g/mol. The Kier molecular flexibility index (Phi) is 4.55. The number of nitrogens with one attached hydrogen (secondary N) is 2. The minimum absolute atomic E-state index is 0.0841. The maximum Gasteiger partial charge on any atom is 0.330 e. The number of nitrogens with zero attached hydrogens (tertiary/aromatic N) is 1. The lowest BCUT2D eigenvalue weighted by molar-refractivity contribution is -0.139. The molecule has 0 aliphatic rings. The highest BCUT2D eigenvalue weighted by Crippen LogP contribution is 2.12. The van der Waals surface area contributed by atoms with Gasteiger partial charge in [-0.25, -0.2) is 14.6 Å². The van der Waals surface area contributed by atoms with Crippen molar-refractivity contribution >= 4 is 12.0 Å². The number of oxazole rings is 1. The summed E-state index contributed by atoms with van der Waals surface area (Å²) in [5, 5.41) is 14.1. The molecule has 2 aromatic rings. The molecule has 0 saturated heterocycles. The second kappa shape index (κ2) is 6.56. The summed E-state index contributed by atoms with van der Waals surface area (Å²) in [6.07, 6.45) is 1.54. The van der Waals surface area contributed by atoms with Crippen molar-refractivity contribution in [2.45, 2.75) is 19.5 Å². The third kappa shape index (κ3) is 4.07. The van der Waals surface area contributed by atoms with Gasteiger partial charge in [0.15, 0.2) is 6.04 Å². The maximum absolute atomic E-state index is 11.8. The Morgan fingerprint density at radius 1 is 1.33 bits per heavy atom. The van der Waals surface area contributed by atoms with Crippen LogP contribution in [-0.2, 0) is 11.3 Å². The van der Waals surface area contributed by atoms with Crippen LogP contribution in [0.2, 0.25) is 0 Å². The molecule has 0 saturated carbocycles. The largest absolute Gasteiger partial charge is 0.479 e. The Morgan fingerprint density at radius 3 is 2.62 bits per heavy atom. The number of amides is 2. The lowest BCUT2D eigenvalue weighted by atomic mass is 10.1. The summed E-state index contributed by atoms with van der Waals surface area (Å²) in [7, 11) is 0. The van der Waals surface area contributed by atoms with Crippen molar-refractivity contribution in [2.75, 3.05) is 0 Å². The van der Waals surface area contributed by atoms with E-state index in [0.29, 0.717) is 17.2 Å². The SMILES string of the molecule is Cc1cnc(CNC(=O)N[C@H](C(=O)O)c2ccccc2)o1. The zero-order chi connectivity index (χ0) is 15.2. The fourth-order valence-corrected chi connectivity index (χ4v) is 1.75. The van der Waals surface area contributed by atoms with Crippen molar-refractivity contribution in [3.63, 3.8) is 0 Å². The minimum Gasteiger partial charge on any atom is -0.479 e. The van der Waals surface area contributed by atoms with E-state index in [9.17, 15) is 14.7 Å². The minimum atomic E-state index is -1.14. The molecule has 1 aromatic carbocycles. The average molecular weight is 289 g/mol. The molecule has 21 heavy (non-hydrogen) atoms. The third-order valence-corrected chi connectivity index (χ3v) is 2.72. The van der Waals surface area contributed by atoms with E-state index in [0.717, 1.165) is 0 Å². The van der Waals surface area contributed by atoms with Gasteiger partial charge in [-0.15, -0.1) is 0 Å². The second-order valence-electron chi connectivity index (χ2n) is 4.37. The number of carboxylic acid groups (broad SMARTS) is 1. The van der Waals surface area contributed by atoms with Crippen LogP contribution in [0.3, 0.4) is 0 Å². The number of urea groups is 1. The molecule has 0 radical (unpaired) electrons. The number of carboxylic acids is 1. The summed E-state index contributed by atoms with van der Waals surface area (Å²) in [6, 6.07) is 6.74. The van der Waals surface area contributed by atoms with E-state index in [4.69, 9.17) is 4.42 Å². The van der Waals surface area contributed by atoms with Crippen LogP contribution in [0.5, 0.6) is 0 Å². The van der Waals surface area contributed by atoms with Gasteiger partial charge in [-0.2, -0.15) is 0 Å². The van der Waals surface area contributed by atoms with Gasteiger partial charge in [0.05, 0.1) is 12.7 Å². The molecule has 0 bridgehead atoms. The van der Waals surface area contributed by atoms with Gasteiger partial charge in [-0.3, -0.25) is 0 Å². The summed E-state index contributed by atoms with van der Waals surface area (Å²) in [5.74, 6) is -0.141. The molecule has 3 N–H and O–H groups in total. The third-order valence-electron chi connectivity index (χ3n) is 2.72. The van der Waals surface area contributed by atoms with Crippen molar-refractivity contribution in [3.8, 4) is 0 Å². The van der Waals surface area contributed by atoms with Crippen LogP contribution in [0.4, 0.5) is 4.79 Å². The van der Waals surface area contributed by atoms with Gasteiger partial charge >= 0.3 is 12.0 Å². The van der Waals surface area contributed by atoms with Crippen LogP contribution >= 0.6 is 0 Å². The van der Waals surface area contributed by atoms with Crippen LogP contribution in [0, 0.1) is 6.92 Å². The molecular formula is C14H15N3O4. The molecule has 0 fully saturated rings. The summed E-state index contributed by atoms with van der Waals surface area (Å²) in [4.78, 5) is 26.9. The van der Waals surface area contributed by atoms with Crippen LogP contribution in [-0.4, -0.2) is 22.1 Å². The molecule has 2 rings (SSSR count). The number of aryl methyl sites for hydroxylation is 1. The van der Waals surface area contributed by atoms with E-state index in [-0.39, 0.29) is 6.54 Å². The number of hydrogen-bond donors (Lipinski definition) is 3. The van der Waals surface area contributed by atoms with E-state index >= 15 is 0 Å². The van der Waals surface area contributed by atoms with Gasteiger partial charge in [-0.05, 0) is 12.5 Å². The summed E-state index contributed by atoms with van der Waals surface area (Å²) >= 11 is 0. The van der Waals surface area contributed by atoms with Gasteiger partial charge < -0.3 is 20.2 Å². The zero-order valence-electron chi connectivity index (χ0n) is 11.4. The van der Waals surface area contributed by atoms with E-state index in [1.807, 2.05) is 0 Å². The van der Waals surface area contributed by atoms with Gasteiger partial charge in [0, 0.05) is 0 Å². The average Bonchev–Trinajstić information content (AvgIpc) is 2.89. The lowest BCUT2D eigenvalue weighted by Crippen LogP contribution is -2.40.